The molecule has 1 rings (SSSR count). The summed E-state index contributed by atoms with van der Waals surface area (Å²) in [5.74, 6) is 0. The lowest BCUT2D eigenvalue weighted by Gasteiger charge is -2.22. The maximum absolute atomic E-state index is 11.5. The van der Waals surface area contributed by atoms with Crippen LogP contribution in [0.1, 0.15) is 32.4 Å². The minimum atomic E-state index is -1.16. The second-order valence-electron chi connectivity index (χ2n) is 5.69. The number of nitrogens with one attached hydrogen (secondary N) is 1. The fourth-order valence-electron chi connectivity index (χ4n) is 1.63. The Kier molecular flexibility index (Phi) is 6.64. The van der Waals surface area contributed by atoms with E-state index in [1.165, 1.54) is 0 Å². The fraction of sp³-hybridized carbons (Fsp3) is 0.467. The van der Waals surface area contributed by atoms with Gasteiger partial charge in [-0.15, -0.1) is 0 Å². The molecule has 2 atom stereocenters. The SMILES string of the molecule is CC(C)(C)OC(=O)NCC(O)C(O)c1ccc(N=C=S)cc1. The van der Waals surface area contributed by atoms with Gasteiger partial charge in [-0.05, 0) is 50.7 Å². The van der Waals surface area contributed by atoms with E-state index in [-0.39, 0.29) is 6.54 Å². The van der Waals surface area contributed by atoms with Crippen molar-refractivity contribution in [3.05, 3.63) is 29.8 Å². The molecule has 1 amide bonds. The monoisotopic (exact) mass is 324 g/mol. The van der Waals surface area contributed by atoms with Crippen LogP contribution in [-0.4, -0.2) is 39.7 Å². The molecular weight excluding hydrogens is 304 g/mol. The number of thiocarbonyl (C=S) groups is 1. The Hall–Kier alpha value is -1.79. The highest BCUT2D eigenvalue weighted by Gasteiger charge is 2.21. The van der Waals surface area contributed by atoms with Crippen molar-refractivity contribution in [1.29, 1.82) is 0 Å². The quantitative estimate of drug-likeness (QED) is 0.571. The van der Waals surface area contributed by atoms with Crippen LogP contribution in [0.15, 0.2) is 29.3 Å². The highest BCUT2D eigenvalue weighted by Crippen LogP contribution is 2.20. The average molecular weight is 324 g/mol. The zero-order chi connectivity index (χ0) is 16.8. The Labute approximate surface area is 134 Å². The van der Waals surface area contributed by atoms with Crippen molar-refractivity contribution < 1.29 is 19.7 Å². The van der Waals surface area contributed by atoms with Crippen LogP contribution in [-0.2, 0) is 4.74 Å². The van der Waals surface area contributed by atoms with Gasteiger partial charge in [0.15, 0.2) is 0 Å². The number of hydrogen-bond donors (Lipinski definition) is 3. The van der Waals surface area contributed by atoms with Gasteiger partial charge >= 0.3 is 6.09 Å². The predicted molar refractivity (Wildman–Crippen MR) is 86.3 cm³/mol. The standard InChI is InChI=1S/C15H20N2O4S/c1-15(2,3)21-14(20)16-8-12(18)13(19)10-4-6-11(7-5-10)17-9-22/h4-7,12-13,18-19H,8H2,1-3H3,(H,16,20). The van der Waals surface area contributed by atoms with Crippen molar-refractivity contribution in [2.45, 2.75) is 38.6 Å². The molecule has 0 aromatic heterocycles. The van der Waals surface area contributed by atoms with Crippen molar-refractivity contribution in [2.24, 2.45) is 4.99 Å². The van der Waals surface area contributed by atoms with E-state index in [2.05, 4.69) is 27.7 Å². The van der Waals surface area contributed by atoms with Crippen molar-refractivity contribution in [3.63, 3.8) is 0 Å². The Balaban J connectivity index is 2.56. The molecule has 0 fully saturated rings. The molecule has 0 spiro atoms. The first kappa shape index (κ1) is 18.3. The molecule has 1 aromatic rings. The molecule has 0 heterocycles. The third-order valence-corrected chi connectivity index (χ3v) is 2.72. The van der Waals surface area contributed by atoms with Crippen LogP contribution >= 0.6 is 12.2 Å². The summed E-state index contributed by atoms with van der Waals surface area (Å²) in [6, 6.07) is 6.53. The van der Waals surface area contributed by atoms with Gasteiger partial charge < -0.3 is 20.3 Å². The van der Waals surface area contributed by atoms with E-state index >= 15 is 0 Å². The van der Waals surface area contributed by atoms with Crippen molar-refractivity contribution >= 4 is 29.2 Å². The largest absolute Gasteiger partial charge is 0.444 e. The number of alkyl carbamates (subject to hydrolysis) is 1. The molecule has 7 heteroatoms. The second-order valence-corrected chi connectivity index (χ2v) is 5.87. The number of aliphatic hydroxyl groups is 2. The minimum absolute atomic E-state index is 0.129. The van der Waals surface area contributed by atoms with E-state index < -0.39 is 23.9 Å². The van der Waals surface area contributed by atoms with Gasteiger partial charge in [-0.3, -0.25) is 0 Å². The fourth-order valence-corrected chi connectivity index (χ4v) is 1.74. The zero-order valence-electron chi connectivity index (χ0n) is 12.7. The van der Waals surface area contributed by atoms with Crippen LogP contribution in [0.25, 0.3) is 0 Å². The molecule has 0 bridgehead atoms. The summed E-state index contributed by atoms with van der Waals surface area (Å²) >= 11 is 4.50. The average Bonchev–Trinajstić information content (AvgIpc) is 2.43. The molecule has 0 aliphatic heterocycles. The topological polar surface area (TPSA) is 91.2 Å². The molecule has 0 saturated carbocycles. The lowest BCUT2D eigenvalue weighted by molar-refractivity contribution is 0.0129. The third kappa shape index (κ3) is 6.32. The van der Waals surface area contributed by atoms with Crippen LogP contribution in [0.4, 0.5) is 10.5 Å². The maximum Gasteiger partial charge on any atom is 0.407 e. The number of ether oxygens (including phenoxy) is 1. The van der Waals surface area contributed by atoms with Crippen molar-refractivity contribution in [1.82, 2.24) is 5.32 Å². The van der Waals surface area contributed by atoms with E-state index in [9.17, 15) is 15.0 Å². The molecule has 3 N–H and O–H groups in total. The summed E-state index contributed by atoms with van der Waals surface area (Å²) in [5.41, 5.74) is 0.486. The van der Waals surface area contributed by atoms with Gasteiger partial charge in [-0.1, -0.05) is 12.1 Å². The number of carbonyl (C=O) groups excluding carboxylic acids is 1. The number of nitrogens with zero attached hydrogens (tertiary/aromatic N) is 1. The predicted octanol–water partition coefficient (Wildman–Crippen LogP) is 2.34. The smallest absolute Gasteiger partial charge is 0.407 e. The van der Waals surface area contributed by atoms with E-state index in [0.29, 0.717) is 11.3 Å². The second kappa shape index (κ2) is 8.00. The van der Waals surface area contributed by atoms with Gasteiger partial charge in [0.2, 0.25) is 0 Å². The van der Waals surface area contributed by atoms with Crippen LogP contribution < -0.4 is 5.32 Å². The van der Waals surface area contributed by atoms with Gasteiger partial charge in [0, 0.05) is 6.54 Å². The van der Waals surface area contributed by atoms with Crippen molar-refractivity contribution in [3.8, 4) is 0 Å². The Morgan fingerprint density at radius 3 is 2.45 bits per heavy atom. The molecule has 6 nitrogen and oxygen atoms in total. The normalized spacial score (nSPS) is 13.7. The summed E-state index contributed by atoms with van der Waals surface area (Å²) in [5, 5.41) is 24.6. The van der Waals surface area contributed by atoms with Crippen LogP contribution in [0, 0.1) is 0 Å². The molecular formula is C15H20N2O4S. The molecule has 0 saturated heterocycles. The summed E-state index contributed by atoms with van der Waals surface area (Å²) in [6.45, 7) is 5.09. The molecule has 22 heavy (non-hydrogen) atoms. The van der Waals surface area contributed by atoms with Gasteiger partial charge in [-0.2, -0.15) is 4.99 Å². The molecule has 0 aliphatic rings. The van der Waals surface area contributed by atoms with Gasteiger partial charge in [0.25, 0.3) is 0 Å². The Bertz CT molecular complexity index is 548. The van der Waals surface area contributed by atoms with Crippen LogP contribution in [0.2, 0.25) is 0 Å². The Morgan fingerprint density at radius 1 is 1.36 bits per heavy atom. The van der Waals surface area contributed by atoms with Gasteiger partial charge in [-0.25, -0.2) is 4.79 Å². The molecule has 0 radical (unpaired) electrons. The van der Waals surface area contributed by atoms with Crippen LogP contribution in [0.5, 0.6) is 0 Å². The highest BCUT2D eigenvalue weighted by molar-refractivity contribution is 7.78. The summed E-state index contributed by atoms with van der Waals surface area (Å²) in [7, 11) is 0. The van der Waals surface area contributed by atoms with Gasteiger partial charge in [0.05, 0.1) is 10.8 Å². The number of hydrogen-bond acceptors (Lipinski definition) is 6. The van der Waals surface area contributed by atoms with Crippen LogP contribution in [0.3, 0.4) is 0 Å². The number of rotatable bonds is 5. The number of aliphatic hydroxyl groups excluding tert-OH is 2. The summed E-state index contributed by atoms with van der Waals surface area (Å²) in [4.78, 5) is 15.3. The highest BCUT2D eigenvalue weighted by atomic mass is 32.1. The van der Waals surface area contributed by atoms with E-state index in [4.69, 9.17) is 4.74 Å². The number of amides is 1. The first-order valence-corrected chi connectivity index (χ1v) is 7.14. The number of carbonyl (C=O) groups is 1. The Morgan fingerprint density at radius 2 is 1.95 bits per heavy atom. The van der Waals surface area contributed by atoms with E-state index in [0.717, 1.165) is 0 Å². The summed E-state index contributed by atoms with van der Waals surface area (Å²) < 4.78 is 5.04. The first-order chi connectivity index (χ1) is 10.2. The molecule has 0 aliphatic carbocycles. The lowest BCUT2D eigenvalue weighted by Crippen LogP contribution is -2.38. The van der Waals surface area contributed by atoms with E-state index in [1.807, 2.05) is 0 Å². The summed E-state index contributed by atoms with van der Waals surface area (Å²) in [6.07, 6.45) is -2.95. The first-order valence-electron chi connectivity index (χ1n) is 6.74. The van der Waals surface area contributed by atoms with E-state index in [1.54, 1.807) is 45.0 Å². The number of aliphatic imine (C=N–C) groups is 1. The molecule has 120 valence electrons. The van der Waals surface area contributed by atoms with Gasteiger partial charge in [0.1, 0.15) is 17.8 Å². The number of isothiocyanates is 1. The zero-order valence-corrected chi connectivity index (χ0v) is 13.6. The maximum atomic E-state index is 11.5. The lowest BCUT2D eigenvalue weighted by atomic mass is 10.0. The molecule has 2 unspecified atom stereocenters. The molecule has 1 aromatic carbocycles. The third-order valence-electron chi connectivity index (χ3n) is 2.63. The number of benzene rings is 1. The van der Waals surface area contributed by atoms with Crippen molar-refractivity contribution in [2.75, 3.05) is 6.54 Å². The minimum Gasteiger partial charge on any atom is -0.444 e.